The summed E-state index contributed by atoms with van der Waals surface area (Å²) < 4.78 is 30.5. The topological polar surface area (TPSA) is 129 Å². The van der Waals surface area contributed by atoms with Crippen molar-refractivity contribution >= 4 is 32.9 Å². The van der Waals surface area contributed by atoms with Crippen molar-refractivity contribution in [1.82, 2.24) is 5.32 Å². The lowest BCUT2D eigenvalue weighted by Gasteiger charge is -2.05. The summed E-state index contributed by atoms with van der Waals surface area (Å²) in [5, 5.41) is 1.80. The molecule has 0 radical (unpaired) electrons. The number of thioether (sulfide) groups is 1. The maximum absolute atomic E-state index is 11.0. The second-order valence-electron chi connectivity index (χ2n) is 2.46. The van der Waals surface area contributed by atoms with Gasteiger partial charge in [-0.15, -0.1) is 0 Å². The molecule has 9 heteroatoms. The van der Waals surface area contributed by atoms with E-state index in [0.29, 0.717) is 11.8 Å². The fourth-order valence-corrected chi connectivity index (χ4v) is 2.10. The summed E-state index contributed by atoms with van der Waals surface area (Å²) in [6, 6.07) is 0. The second kappa shape index (κ2) is 6.77. The standard InChI is InChI=1S/C6H12N2O5S2/c7-3-5(9)8-4-6(10)14-1-2-15(11,12)13/h1-4,7H2,(H,8,9)(H,11,12,13)/p-1. The predicted octanol–water partition coefficient (Wildman–Crippen LogP) is -2.13. The van der Waals surface area contributed by atoms with Gasteiger partial charge in [-0.25, -0.2) is 8.42 Å². The number of nitrogens with one attached hydrogen (secondary N) is 1. The number of amides is 1. The van der Waals surface area contributed by atoms with Crippen LogP contribution in [0.3, 0.4) is 0 Å². The molecule has 7 nitrogen and oxygen atoms in total. The number of rotatable bonds is 6. The number of hydrogen-bond donors (Lipinski definition) is 2. The highest BCUT2D eigenvalue weighted by Crippen LogP contribution is 2.01. The SMILES string of the molecule is NCC(=O)NCC(=O)SCCS(=O)(=O)[O-]. The second-order valence-corrected chi connectivity index (χ2v) is 5.14. The minimum atomic E-state index is -4.29. The van der Waals surface area contributed by atoms with E-state index >= 15 is 0 Å². The van der Waals surface area contributed by atoms with Crippen molar-refractivity contribution in [1.29, 1.82) is 0 Å². The molecule has 0 unspecified atom stereocenters. The highest BCUT2D eigenvalue weighted by molar-refractivity contribution is 8.14. The van der Waals surface area contributed by atoms with Crippen LogP contribution in [0.5, 0.6) is 0 Å². The van der Waals surface area contributed by atoms with Gasteiger partial charge in [-0.2, -0.15) is 0 Å². The molecule has 0 heterocycles. The number of hydrogen-bond acceptors (Lipinski definition) is 7. The van der Waals surface area contributed by atoms with Crippen molar-refractivity contribution in [3.05, 3.63) is 0 Å². The van der Waals surface area contributed by atoms with Gasteiger partial charge in [0.25, 0.3) is 0 Å². The first-order valence-corrected chi connectivity index (χ1v) is 6.47. The van der Waals surface area contributed by atoms with Crippen molar-refractivity contribution in [2.75, 3.05) is 24.6 Å². The molecule has 3 N–H and O–H groups in total. The van der Waals surface area contributed by atoms with Gasteiger partial charge >= 0.3 is 0 Å². The molecule has 0 saturated heterocycles. The molecule has 15 heavy (non-hydrogen) atoms. The summed E-state index contributed by atoms with van der Waals surface area (Å²) in [7, 11) is -4.29. The van der Waals surface area contributed by atoms with E-state index in [-0.39, 0.29) is 18.8 Å². The Morgan fingerprint density at radius 2 is 2.00 bits per heavy atom. The molecule has 0 bridgehead atoms. The van der Waals surface area contributed by atoms with E-state index < -0.39 is 26.9 Å². The molecule has 0 aromatic carbocycles. The molecule has 0 atom stereocenters. The van der Waals surface area contributed by atoms with Crippen molar-refractivity contribution < 1.29 is 22.6 Å². The average Bonchev–Trinajstić information content (AvgIpc) is 2.12. The first-order chi connectivity index (χ1) is 6.85. The number of nitrogens with two attached hydrogens (primary N) is 1. The Balaban J connectivity index is 3.63. The molecule has 0 aliphatic heterocycles. The van der Waals surface area contributed by atoms with Gasteiger partial charge in [0.1, 0.15) is 0 Å². The molecular formula is C6H11N2O5S2-. The minimum Gasteiger partial charge on any atom is -0.748 e. The Bertz CT molecular complexity index is 326. The van der Waals surface area contributed by atoms with Gasteiger partial charge in [0.15, 0.2) is 0 Å². The van der Waals surface area contributed by atoms with Crippen LogP contribution in [-0.2, 0) is 19.7 Å². The van der Waals surface area contributed by atoms with Crippen LogP contribution in [-0.4, -0.2) is 48.6 Å². The molecular weight excluding hydrogens is 244 g/mol. The minimum absolute atomic E-state index is 0.108. The maximum atomic E-state index is 11.0. The summed E-state index contributed by atoms with van der Waals surface area (Å²) >= 11 is 0.682. The summed E-state index contributed by atoms with van der Waals surface area (Å²) in [6.07, 6.45) is 0. The van der Waals surface area contributed by atoms with Crippen LogP contribution in [0.2, 0.25) is 0 Å². The largest absolute Gasteiger partial charge is 0.748 e. The van der Waals surface area contributed by atoms with E-state index in [2.05, 4.69) is 5.32 Å². The van der Waals surface area contributed by atoms with Crippen molar-refractivity contribution in [2.24, 2.45) is 5.73 Å². The quantitative estimate of drug-likeness (QED) is 0.518. The lowest BCUT2D eigenvalue weighted by atomic mass is 10.6. The summed E-state index contributed by atoms with van der Waals surface area (Å²) in [6.45, 7) is -0.438. The molecule has 0 aromatic rings. The Kier molecular flexibility index (Phi) is 6.48. The van der Waals surface area contributed by atoms with Crippen LogP contribution in [0.1, 0.15) is 0 Å². The third kappa shape index (κ3) is 9.66. The van der Waals surface area contributed by atoms with Gasteiger partial charge in [0, 0.05) is 11.5 Å². The van der Waals surface area contributed by atoms with E-state index in [0.717, 1.165) is 0 Å². The van der Waals surface area contributed by atoms with E-state index in [4.69, 9.17) is 5.73 Å². The predicted molar refractivity (Wildman–Crippen MR) is 54.1 cm³/mol. The molecule has 0 aromatic heterocycles. The van der Waals surface area contributed by atoms with Crippen molar-refractivity contribution in [2.45, 2.75) is 0 Å². The van der Waals surface area contributed by atoms with Crippen LogP contribution in [0.25, 0.3) is 0 Å². The summed E-state index contributed by atoms with van der Waals surface area (Å²) in [4.78, 5) is 21.6. The molecule has 0 aliphatic carbocycles. The first kappa shape index (κ1) is 14.4. The number of carbonyl (C=O) groups excluding carboxylic acids is 2. The molecule has 88 valence electrons. The van der Waals surface area contributed by atoms with Gasteiger partial charge in [0.2, 0.25) is 11.0 Å². The Hall–Kier alpha value is -0.640. The van der Waals surface area contributed by atoms with Crippen molar-refractivity contribution in [3.8, 4) is 0 Å². The van der Waals surface area contributed by atoms with Crippen molar-refractivity contribution in [3.63, 3.8) is 0 Å². The fourth-order valence-electron chi connectivity index (χ4n) is 0.552. The Morgan fingerprint density at radius 3 is 2.47 bits per heavy atom. The zero-order valence-electron chi connectivity index (χ0n) is 7.76. The smallest absolute Gasteiger partial charge is 0.234 e. The number of carbonyl (C=O) groups is 2. The summed E-state index contributed by atoms with van der Waals surface area (Å²) in [5.74, 6) is -1.18. The highest BCUT2D eigenvalue weighted by Gasteiger charge is 2.05. The average molecular weight is 255 g/mol. The van der Waals surface area contributed by atoms with Gasteiger partial charge in [-0.3, -0.25) is 9.59 Å². The zero-order chi connectivity index (χ0) is 11.9. The van der Waals surface area contributed by atoms with Gasteiger partial charge in [-0.05, 0) is 0 Å². The van der Waals surface area contributed by atoms with E-state index in [9.17, 15) is 22.6 Å². The van der Waals surface area contributed by atoms with Crippen LogP contribution < -0.4 is 11.1 Å². The Morgan fingerprint density at radius 1 is 1.40 bits per heavy atom. The Labute approximate surface area is 91.5 Å². The highest BCUT2D eigenvalue weighted by atomic mass is 32.2. The first-order valence-electron chi connectivity index (χ1n) is 3.91. The normalized spacial score (nSPS) is 11.1. The molecule has 0 saturated carbocycles. The lowest BCUT2D eigenvalue weighted by Crippen LogP contribution is -2.33. The molecule has 1 amide bonds. The zero-order valence-corrected chi connectivity index (χ0v) is 9.40. The summed E-state index contributed by atoms with van der Waals surface area (Å²) in [5.41, 5.74) is 4.96. The van der Waals surface area contributed by atoms with E-state index in [1.54, 1.807) is 0 Å². The maximum Gasteiger partial charge on any atom is 0.234 e. The van der Waals surface area contributed by atoms with E-state index in [1.807, 2.05) is 0 Å². The van der Waals surface area contributed by atoms with Crippen LogP contribution in [0, 0.1) is 0 Å². The molecule has 0 fully saturated rings. The molecule has 0 rings (SSSR count). The molecule has 0 aliphatic rings. The van der Waals surface area contributed by atoms with E-state index in [1.165, 1.54) is 0 Å². The lowest BCUT2D eigenvalue weighted by molar-refractivity contribution is -0.121. The third-order valence-electron chi connectivity index (χ3n) is 1.21. The van der Waals surface area contributed by atoms with Gasteiger partial charge in [0.05, 0.1) is 23.2 Å². The fraction of sp³-hybridized carbons (Fsp3) is 0.667. The molecule has 0 spiro atoms. The van der Waals surface area contributed by atoms with Crippen LogP contribution >= 0.6 is 11.8 Å². The van der Waals surface area contributed by atoms with Crippen LogP contribution in [0.4, 0.5) is 0 Å². The monoisotopic (exact) mass is 255 g/mol. The third-order valence-corrected chi connectivity index (χ3v) is 3.05. The van der Waals surface area contributed by atoms with Crippen LogP contribution in [0.15, 0.2) is 0 Å². The van der Waals surface area contributed by atoms with Gasteiger partial charge < -0.3 is 15.6 Å². The van der Waals surface area contributed by atoms with Gasteiger partial charge in [-0.1, -0.05) is 11.8 Å².